The lowest BCUT2D eigenvalue weighted by Crippen LogP contribution is -2.61. The Labute approximate surface area is 91.2 Å². The largest absolute Gasteiger partial charge is 0.507 e. The Morgan fingerprint density at radius 2 is 2.21 bits per heavy atom. The lowest BCUT2D eigenvalue weighted by atomic mass is 10.00. The van der Waals surface area contributed by atoms with Crippen LogP contribution in [0.4, 0.5) is 0 Å². The van der Waals surface area contributed by atoms with Gasteiger partial charge >= 0.3 is 0 Å². The van der Waals surface area contributed by atoms with Gasteiger partial charge in [0.2, 0.25) is 0 Å². The highest BCUT2D eigenvalue weighted by Gasteiger charge is 2.34. The minimum atomic E-state index is -0.143. The standard InChI is InChI=1S/C10H12BrNO2/c1-10(5-12-6-10)14-8-4-2-3-7(13)9(8)11/h2-4,12-13H,5-6H2,1H3. The van der Waals surface area contributed by atoms with Gasteiger partial charge in [-0.2, -0.15) is 0 Å². The van der Waals surface area contributed by atoms with Crippen molar-refractivity contribution in [2.24, 2.45) is 0 Å². The molecule has 1 aliphatic rings. The van der Waals surface area contributed by atoms with E-state index in [1.807, 2.05) is 13.0 Å². The predicted molar refractivity (Wildman–Crippen MR) is 57.7 cm³/mol. The van der Waals surface area contributed by atoms with E-state index in [-0.39, 0.29) is 11.4 Å². The highest BCUT2D eigenvalue weighted by atomic mass is 79.9. The maximum Gasteiger partial charge on any atom is 0.138 e. The number of aromatic hydroxyl groups is 1. The molecule has 1 fully saturated rings. The second-order valence-electron chi connectivity index (χ2n) is 3.74. The number of nitrogens with one attached hydrogen (secondary N) is 1. The van der Waals surface area contributed by atoms with Gasteiger partial charge in [0.1, 0.15) is 21.6 Å². The summed E-state index contributed by atoms with van der Waals surface area (Å²) in [5.74, 6) is 0.896. The van der Waals surface area contributed by atoms with Crippen LogP contribution in [0, 0.1) is 0 Å². The van der Waals surface area contributed by atoms with Crippen molar-refractivity contribution in [2.45, 2.75) is 12.5 Å². The molecule has 4 heteroatoms. The number of phenols is 1. The van der Waals surface area contributed by atoms with Gasteiger partial charge in [-0.05, 0) is 35.0 Å². The lowest BCUT2D eigenvalue weighted by Gasteiger charge is -2.39. The van der Waals surface area contributed by atoms with Crippen LogP contribution in [0.25, 0.3) is 0 Å². The molecule has 2 rings (SSSR count). The first-order valence-electron chi connectivity index (χ1n) is 4.48. The number of phenolic OH excluding ortho intramolecular Hbond substituents is 1. The summed E-state index contributed by atoms with van der Waals surface area (Å²) in [4.78, 5) is 0. The maximum absolute atomic E-state index is 9.45. The Kier molecular flexibility index (Phi) is 2.41. The number of halogens is 1. The first kappa shape index (κ1) is 9.80. The number of benzene rings is 1. The number of hydrogen-bond donors (Lipinski definition) is 2. The first-order valence-corrected chi connectivity index (χ1v) is 5.27. The molecule has 76 valence electrons. The molecule has 14 heavy (non-hydrogen) atoms. The highest BCUT2D eigenvalue weighted by molar-refractivity contribution is 9.10. The lowest BCUT2D eigenvalue weighted by molar-refractivity contribution is 0.0339. The molecule has 0 aliphatic carbocycles. The normalized spacial score (nSPS) is 18.7. The van der Waals surface area contributed by atoms with Crippen molar-refractivity contribution in [3.63, 3.8) is 0 Å². The van der Waals surface area contributed by atoms with E-state index < -0.39 is 0 Å². The van der Waals surface area contributed by atoms with E-state index in [1.165, 1.54) is 0 Å². The third kappa shape index (κ3) is 1.72. The third-order valence-corrected chi connectivity index (χ3v) is 3.09. The van der Waals surface area contributed by atoms with Crippen molar-refractivity contribution in [1.82, 2.24) is 5.32 Å². The Morgan fingerprint density at radius 1 is 1.50 bits per heavy atom. The zero-order chi connectivity index (χ0) is 10.2. The van der Waals surface area contributed by atoms with Gasteiger partial charge in [0.05, 0.1) is 0 Å². The average Bonchev–Trinajstić information content (AvgIpc) is 2.10. The molecule has 1 heterocycles. The van der Waals surface area contributed by atoms with E-state index in [0.717, 1.165) is 13.1 Å². The Balaban J connectivity index is 2.20. The summed E-state index contributed by atoms with van der Waals surface area (Å²) < 4.78 is 6.40. The molecule has 0 radical (unpaired) electrons. The molecule has 1 aromatic carbocycles. The third-order valence-electron chi connectivity index (χ3n) is 2.30. The summed E-state index contributed by atoms with van der Waals surface area (Å²) in [5, 5.41) is 12.6. The van der Waals surface area contributed by atoms with E-state index in [4.69, 9.17) is 4.74 Å². The van der Waals surface area contributed by atoms with Crippen LogP contribution in [0.15, 0.2) is 22.7 Å². The summed E-state index contributed by atoms with van der Waals surface area (Å²) in [7, 11) is 0. The van der Waals surface area contributed by atoms with Crippen LogP contribution < -0.4 is 10.1 Å². The predicted octanol–water partition coefficient (Wildman–Crippen LogP) is 1.90. The molecule has 0 unspecified atom stereocenters. The topological polar surface area (TPSA) is 41.5 Å². The quantitative estimate of drug-likeness (QED) is 0.851. The molecule has 1 aliphatic heterocycles. The van der Waals surface area contributed by atoms with Crippen LogP contribution in [-0.2, 0) is 0 Å². The zero-order valence-electron chi connectivity index (χ0n) is 7.88. The zero-order valence-corrected chi connectivity index (χ0v) is 9.47. The van der Waals surface area contributed by atoms with Gasteiger partial charge < -0.3 is 15.2 Å². The summed E-state index contributed by atoms with van der Waals surface area (Å²) in [6, 6.07) is 5.23. The van der Waals surface area contributed by atoms with E-state index in [0.29, 0.717) is 10.2 Å². The molecule has 2 N–H and O–H groups in total. The second-order valence-corrected chi connectivity index (χ2v) is 4.54. The Bertz CT molecular complexity index is 350. The van der Waals surface area contributed by atoms with Crippen molar-refractivity contribution >= 4 is 15.9 Å². The molecular weight excluding hydrogens is 246 g/mol. The van der Waals surface area contributed by atoms with Crippen LogP contribution in [0.3, 0.4) is 0 Å². The molecule has 1 saturated heterocycles. The molecule has 0 bridgehead atoms. The van der Waals surface area contributed by atoms with Crippen molar-refractivity contribution in [3.05, 3.63) is 22.7 Å². The van der Waals surface area contributed by atoms with E-state index in [2.05, 4.69) is 21.2 Å². The fourth-order valence-electron chi connectivity index (χ4n) is 1.39. The van der Waals surface area contributed by atoms with E-state index >= 15 is 0 Å². The Morgan fingerprint density at radius 3 is 2.79 bits per heavy atom. The van der Waals surface area contributed by atoms with Crippen LogP contribution >= 0.6 is 15.9 Å². The fourth-order valence-corrected chi connectivity index (χ4v) is 1.74. The molecule has 1 aromatic rings. The molecule has 0 atom stereocenters. The van der Waals surface area contributed by atoms with Gasteiger partial charge in [0.15, 0.2) is 0 Å². The summed E-state index contributed by atoms with van der Waals surface area (Å²) in [6.45, 7) is 3.73. The molecule has 0 amide bonds. The molecule has 0 saturated carbocycles. The van der Waals surface area contributed by atoms with Crippen molar-refractivity contribution < 1.29 is 9.84 Å². The van der Waals surface area contributed by atoms with Crippen LogP contribution in [-0.4, -0.2) is 23.8 Å². The summed E-state index contributed by atoms with van der Waals surface area (Å²) in [6.07, 6.45) is 0. The van der Waals surface area contributed by atoms with Gasteiger partial charge in [-0.1, -0.05) is 6.07 Å². The summed E-state index contributed by atoms with van der Waals surface area (Å²) in [5.41, 5.74) is -0.143. The first-order chi connectivity index (χ1) is 6.61. The minimum Gasteiger partial charge on any atom is -0.507 e. The molecule has 3 nitrogen and oxygen atoms in total. The Hall–Kier alpha value is -0.740. The number of hydrogen-bond acceptors (Lipinski definition) is 3. The van der Waals surface area contributed by atoms with Crippen molar-refractivity contribution in [1.29, 1.82) is 0 Å². The van der Waals surface area contributed by atoms with Gasteiger partial charge in [-0.15, -0.1) is 0 Å². The second kappa shape index (κ2) is 3.44. The highest BCUT2D eigenvalue weighted by Crippen LogP contribution is 2.35. The number of ether oxygens (including phenoxy) is 1. The van der Waals surface area contributed by atoms with Crippen molar-refractivity contribution in [2.75, 3.05) is 13.1 Å². The molecule has 0 spiro atoms. The fraction of sp³-hybridized carbons (Fsp3) is 0.400. The van der Waals surface area contributed by atoms with Gasteiger partial charge in [-0.25, -0.2) is 0 Å². The monoisotopic (exact) mass is 257 g/mol. The minimum absolute atomic E-state index is 0.143. The molecule has 0 aromatic heterocycles. The van der Waals surface area contributed by atoms with Crippen molar-refractivity contribution in [3.8, 4) is 11.5 Å². The van der Waals surface area contributed by atoms with Crippen LogP contribution in [0.5, 0.6) is 11.5 Å². The summed E-state index contributed by atoms with van der Waals surface area (Å²) >= 11 is 3.29. The average molecular weight is 258 g/mol. The van der Waals surface area contributed by atoms with Gasteiger partial charge in [0, 0.05) is 13.1 Å². The molecular formula is C10H12BrNO2. The smallest absolute Gasteiger partial charge is 0.138 e. The van der Waals surface area contributed by atoms with E-state index in [1.54, 1.807) is 12.1 Å². The van der Waals surface area contributed by atoms with Crippen LogP contribution in [0.2, 0.25) is 0 Å². The SMILES string of the molecule is CC1(Oc2cccc(O)c2Br)CNC1. The van der Waals surface area contributed by atoms with Gasteiger partial charge in [-0.3, -0.25) is 0 Å². The van der Waals surface area contributed by atoms with Gasteiger partial charge in [0.25, 0.3) is 0 Å². The number of rotatable bonds is 2. The van der Waals surface area contributed by atoms with E-state index in [9.17, 15) is 5.11 Å². The van der Waals surface area contributed by atoms with Crippen LogP contribution in [0.1, 0.15) is 6.92 Å². The maximum atomic E-state index is 9.45.